The first-order valence-electron chi connectivity index (χ1n) is 6.45. The third-order valence-electron chi connectivity index (χ3n) is 3.89. The number of carbonyl (C=O) groups is 1. The van der Waals surface area contributed by atoms with Crippen LogP contribution in [0.5, 0.6) is 0 Å². The molecule has 0 atom stereocenters. The van der Waals surface area contributed by atoms with Crippen LogP contribution >= 0.6 is 0 Å². The van der Waals surface area contributed by atoms with Gasteiger partial charge in [0, 0.05) is 14.2 Å². The summed E-state index contributed by atoms with van der Waals surface area (Å²) in [6.07, 6.45) is 5.88. The first kappa shape index (κ1) is 14.0. The second kappa shape index (κ2) is 5.31. The number of carbonyl (C=O) groups excluding carboxylic acids is 1. The minimum Gasteiger partial charge on any atom is -0.494 e. The average Bonchev–Trinajstić information content (AvgIpc) is 2.46. The SMILES string of the molecule is C=CC1=C(C2=C(OC)C(OC)(OC)C2=O)CCCC1. The van der Waals surface area contributed by atoms with Crippen molar-refractivity contribution in [2.24, 2.45) is 0 Å². The van der Waals surface area contributed by atoms with Crippen LogP contribution in [0.3, 0.4) is 0 Å². The van der Waals surface area contributed by atoms with Gasteiger partial charge in [0.15, 0.2) is 5.76 Å². The average molecular weight is 264 g/mol. The third kappa shape index (κ3) is 1.86. The Kier molecular flexibility index (Phi) is 3.92. The van der Waals surface area contributed by atoms with Crippen molar-refractivity contribution in [2.75, 3.05) is 21.3 Å². The molecule has 4 heteroatoms. The zero-order valence-electron chi connectivity index (χ0n) is 11.7. The van der Waals surface area contributed by atoms with Crippen LogP contribution in [-0.4, -0.2) is 32.9 Å². The monoisotopic (exact) mass is 264 g/mol. The van der Waals surface area contributed by atoms with Crippen molar-refractivity contribution < 1.29 is 19.0 Å². The molecule has 2 aliphatic rings. The molecule has 19 heavy (non-hydrogen) atoms. The van der Waals surface area contributed by atoms with Crippen LogP contribution in [0, 0.1) is 0 Å². The highest BCUT2D eigenvalue weighted by molar-refractivity contribution is 6.14. The molecule has 0 heterocycles. The fraction of sp³-hybridized carbons (Fsp3) is 0.533. The van der Waals surface area contributed by atoms with Crippen molar-refractivity contribution in [3.63, 3.8) is 0 Å². The smallest absolute Gasteiger partial charge is 0.294 e. The molecular weight excluding hydrogens is 244 g/mol. The van der Waals surface area contributed by atoms with E-state index < -0.39 is 5.79 Å². The Morgan fingerprint density at radius 3 is 2.32 bits per heavy atom. The first-order valence-corrected chi connectivity index (χ1v) is 6.45. The molecule has 0 fully saturated rings. The van der Waals surface area contributed by atoms with E-state index in [0.29, 0.717) is 11.3 Å². The number of ether oxygens (including phenoxy) is 3. The fourth-order valence-corrected chi connectivity index (χ4v) is 2.88. The molecule has 0 aromatic rings. The summed E-state index contributed by atoms with van der Waals surface area (Å²) in [5.74, 6) is -1.05. The number of ketones is 1. The van der Waals surface area contributed by atoms with Gasteiger partial charge in [-0.3, -0.25) is 4.79 Å². The maximum Gasteiger partial charge on any atom is 0.294 e. The van der Waals surface area contributed by atoms with Crippen molar-refractivity contribution in [3.05, 3.63) is 35.1 Å². The van der Waals surface area contributed by atoms with Crippen LogP contribution < -0.4 is 0 Å². The Bertz CT molecular complexity index is 467. The molecule has 4 nitrogen and oxygen atoms in total. The standard InChI is InChI=1S/C15H20O4/c1-5-10-8-6-7-9-11(10)12-13(16)15(18-3,19-4)14(12)17-2/h5H,1,6-9H2,2-4H3. The molecule has 0 spiro atoms. The highest BCUT2D eigenvalue weighted by atomic mass is 16.7. The molecule has 0 aromatic carbocycles. The molecule has 0 saturated carbocycles. The van der Waals surface area contributed by atoms with Gasteiger partial charge in [-0.2, -0.15) is 0 Å². The van der Waals surface area contributed by atoms with Crippen molar-refractivity contribution in [2.45, 2.75) is 31.5 Å². The normalized spacial score (nSPS) is 22.4. The summed E-state index contributed by atoms with van der Waals surface area (Å²) in [6, 6.07) is 0. The number of hydrogen-bond donors (Lipinski definition) is 0. The van der Waals surface area contributed by atoms with Crippen LogP contribution in [0.15, 0.2) is 35.1 Å². The minimum atomic E-state index is -1.36. The van der Waals surface area contributed by atoms with Gasteiger partial charge in [0.2, 0.25) is 5.78 Å². The number of Topliss-reactive ketones (excluding diaryl/α,β-unsaturated/α-hetero) is 1. The number of allylic oxidation sites excluding steroid dienone is 3. The molecule has 104 valence electrons. The number of rotatable bonds is 5. The Morgan fingerprint density at radius 1 is 1.16 bits per heavy atom. The minimum absolute atomic E-state index is 0.161. The van der Waals surface area contributed by atoms with E-state index in [1.165, 1.54) is 21.3 Å². The molecule has 2 aliphatic carbocycles. The van der Waals surface area contributed by atoms with Gasteiger partial charge in [-0.25, -0.2) is 0 Å². The van der Waals surface area contributed by atoms with Crippen molar-refractivity contribution >= 4 is 5.78 Å². The van der Waals surface area contributed by atoms with E-state index in [-0.39, 0.29) is 5.78 Å². The van der Waals surface area contributed by atoms with E-state index >= 15 is 0 Å². The van der Waals surface area contributed by atoms with E-state index in [4.69, 9.17) is 14.2 Å². The Hall–Kier alpha value is -1.39. The van der Waals surface area contributed by atoms with Crippen LogP contribution in [0.1, 0.15) is 25.7 Å². The van der Waals surface area contributed by atoms with Crippen LogP contribution in [0.2, 0.25) is 0 Å². The lowest BCUT2D eigenvalue weighted by atomic mass is 9.76. The van der Waals surface area contributed by atoms with Crippen molar-refractivity contribution in [3.8, 4) is 0 Å². The summed E-state index contributed by atoms with van der Waals surface area (Å²) in [4.78, 5) is 12.4. The molecule has 0 bridgehead atoms. The van der Waals surface area contributed by atoms with Gasteiger partial charge in [-0.1, -0.05) is 12.7 Å². The summed E-state index contributed by atoms with van der Waals surface area (Å²) in [5.41, 5.74) is 2.78. The first-order chi connectivity index (χ1) is 9.16. The molecule has 0 saturated heterocycles. The molecule has 0 aromatic heterocycles. The highest BCUT2D eigenvalue weighted by Gasteiger charge is 2.58. The second-order valence-electron chi connectivity index (χ2n) is 4.68. The third-order valence-corrected chi connectivity index (χ3v) is 3.89. The molecule has 0 N–H and O–H groups in total. The number of methoxy groups -OCH3 is 3. The lowest BCUT2D eigenvalue weighted by Gasteiger charge is -2.41. The van der Waals surface area contributed by atoms with E-state index in [1.807, 2.05) is 6.08 Å². The topological polar surface area (TPSA) is 44.8 Å². The predicted octanol–water partition coefficient (Wildman–Crippen LogP) is 2.52. The Morgan fingerprint density at radius 2 is 1.79 bits per heavy atom. The molecule has 0 aliphatic heterocycles. The fourth-order valence-electron chi connectivity index (χ4n) is 2.88. The van der Waals surface area contributed by atoms with E-state index in [9.17, 15) is 4.79 Å². The maximum atomic E-state index is 12.4. The largest absolute Gasteiger partial charge is 0.494 e. The van der Waals surface area contributed by atoms with Crippen molar-refractivity contribution in [1.29, 1.82) is 0 Å². The molecular formula is C15H20O4. The van der Waals surface area contributed by atoms with Gasteiger partial charge < -0.3 is 14.2 Å². The van der Waals surface area contributed by atoms with Crippen molar-refractivity contribution in [1.82, 2.24) is 0 Å². The lowest BCUT2D eigenvalue weighted by molar-refractivity contribution is -0.210. The van der Waals surface area contributed by atoms with Crippen LogP contribution in [0.4, 0.5) is 0 Å². The number of hydrogen-bond acceptors (Lipinski definition) is 4. The summed E-state index contributed by atoms with van der Waals surface area (Å²) in [7, 11) is 4.42. The van der Waals surface area contributed by atoms with Gasteiger partial charge in [0.25, 0.3) is 5.79 Å². The van der Waals surface area contributed by atoms with E-state index in [1.54, 1.807) is 0 Å². The van der Waals surface area contributed by atoms with Gasteiger partial charge in [-0.15, -0.1) is 0 Å². The lowest BCUT2D eigenvalue weighted by Crippen LogP contribution is -2.55. The maximum absolute atomic E-state index is 12.4. The van der Waals surface area contributed by atoms with Gasteiger partial charge >= 0.3 is 0 Å². The molecule has 0 radical (unpaired) electrons. The summed E-state index contributed by atoms with van der Waals surface area (Å²) in [5, 5.41) is 0. The van der Waals surface area contributed by atoms with Crippen LogP contribution in [-0.2, 0) is 19.0 Å². The van der Waals surface area contributed by atoms with E-state index in [0.717, 1.165) is 36.8 Å². The van der Waals surface area contributed by atoms with Gasteiger partial charge in [0.1, 0.15) is 0 Å². The Balaban J connectivity index is 2.52. The predicted molar refractivity (Wildman–Crippen MR) is 71.5 cm³/mol. The Labute approximate surface area is 113 Å². The molecule has 0 unspecified atom stereocenters. The summed E-state index contributed by atoms with van der Waals surface area (Å²) in [6.45, 7) is 3.83. The van der Waals surface area contributed by atoms with Gasteiger partial charge in [-0.05, 0) is 36.8 Å². The molecule has 0 amide bonds. The second-order valence-corrected chi connectivity index (χ2v) is 4.68. The quantitative estimate of drug-likeness (QED) is 0.716. The zero-order valence-corrected chi connectivity index (χ0v) is 11.7. The zero-order chi connectivity index (χ0) is 14.0. The highest BCUT2D eigenvalue weighted by Crippen LogP contribution is 2.46. The van der Waals surface area contributed by atoms with Gasteiger partial charge in [0.05, 0.1) is 12.7 Å². The molecule has 2 rings (SSSR count). The van der Waals surface area contributed by atoms with E-state index in [2.05, 4.69) is 6.58 Å². The summed E-state index contributed by atoms with van der Waals surface area (Å²) < 4.78 is 15.8. The summed E-state index contributed by atoms with van der Waals surface area (Å²) >= 11 is 0. The van der Waals surface area contributed by atoms with Crippen LogP contribution in [0.25, 0.3) is 0 Å².